The highest BCUT2D eigenvalue weighted by Crippen LogP contribution is 2.20. The molecule has 122 valence electrons. The molecule has 0 fully saturated rings. The van der Waals surface area contributed by atoms with Crippen LogP contribution in [0.3, 0.4) is 0 Å². The van der Waals surface area contributed by atoms with Crippen molar-refractivity contribution >= 4 is 23.2 Å². The number of rotatable bonds is 6. The minimum absolute atomic E-state index is 0.0371. The van der Waals surface area contributed by atoms with Crippen molar-refractivity contribution in [3.8, 4) is 6.07 Å². The van der Waals surface area contributed by atoms with E-state index in [0.29, 0.717) is 23.8 Å². The van der Waals surface area contributed by atoms with Crippen molar-refractivity contribution in [2.75, 3.05) is 5.32 Å². The molecule has 0 saturated carbocycles. The van der Waals surface area contributed by atoms with Crippen molar-refractivity contribution in [3.63, 3.8) is 0 Å². The molecule has 0 radical (unpaired) electrons. The first-order valence-electron chi connectivity index (χ1n) is 7.31. The van der Waals surface area contributed by atoms with E-state index in [0.717, 1.165) is 11.1 Å². The van der Waals surface area contributed by atoms with E-state index in [1.807, 2.05) is 30.3 Å². The number of nitriles is 1. The summed E-state index contributed by atoms with van der Waals surface area (Å²) in [6.45, 7) is 0.950. The van der Waals surface area contributed by atoms with Gasteiger partial charge in [0, 0.05) is 19.3 Å². The fourth-order valence-corrected chi connectivity index (χ4v) is 2.22. The first-order valence-corrected chi connectivity index (χ1v) is 7.69. The number of benzene rings is 2. The molecular weight excluding hydrogens is 324 g/mol. The summed E-state index contributed by atoms with van der Waals surface area (Å²) in [4.78, 5) is 12.1. The summed E-state index contributed by atoms with van der Waals surface area (Å²) in [6, 6.07) is 16.5. The molecule has 24 heavy (non-hydrogen) atoms. The summed E-state index contributed by atoms with van der Waals surface area (Å²) in [5.41, 5.74) is 8.06. The zero-order chi connectivity index (χ0) is 17.4. The summed E-state index contributed by atoms with van der Waals surface area (Å²) in [7, 11) is 0. The zero-order valence-electron chi connectivity index (χ0n) is 12.9. The van der Waals surface area contributed by atoms with Gasteiger partial charge in [-0.3, -0.25) is 4.79 Å². The van der Waals surface area contributed by atoms with Crippen molar-refractivity contribution in [2.24, 2.45) is 5.73 Å². The van der Waals surface area contributed by atoms with Crippen LogP contribution >= 0.6 is 11.6 Å². The van der Waals surface area contributed by atoms with Gasteiger partial charge >= 0.3 is 0 Å². The fraction of sp³-hybridized carbons (Fsp3) is 0.111. The van der Waals surface area contributed by atoms with E-state index in [1.165, 1.54) is 6.20 Å². The SMILES string of the molecule is N#C/C(=C/NCc1cccc(CN)c1)C(=O)Nc1ccccc1Cl. The van der Waals surface area contributed by atoms with E-state index in [-0.39, 0.29) is 5.57 Å². The Morgan fingerprint density at radius 2 is 1.96 bits per heavy atom. The molecule has 0 atom stereocenters. The number of carbonyl (C=O) groups excluding carboxylic acids is 1. The van der Waals surface area contributed by atoms with Crippen LogP contribution in [0.2, 0.25) is 5.02 Å². The molecule has 0 spiro atoms. The molecule has 1 amide bonds. The van der Waals surface area contributed by atoms with Gasteiger partial charge in [-0.1, -0.05) is 48.0 Å². The van der Waals surface area contributed by atoms with Gasteiger partial charge in [0.05, 0.1) is 10.7 Å². The number of hydrogen-bond acceptors (Lipinski definition) is 4. The quantitative estimate of drug-likeness (QED) is 0.557. The second-order valence-electron chi connectivity index (χ2n) is 5.01. The third-order valence-electron chi connectivity index (χ3n) is 3.27. The normalized spacial score (nSPS) is 10.8. The molecule has 0 unspecified atom stereocenters. The molecule has 2 aromatic carbocycles. The van der Waals surface area contributed by atoms with Crippen molar-refractivity contribution < 1.29 is 4.79 Å². The van der Waals surface area contributed by atoms with Gasteiger partial charge in [0.1, 0.15) is 11.6 Å². The topological polar surface area (TPSA) is 90.9 Å². The third kappa shape index (κ3) is 4.85. The Morgan fingerprint density at radius 1 is 1.21 bits per heavy atom. The van der Waals surface area contributed by atoms with Gasteiger partial charge in [-0.2, -0.15) is 5.26 Å². The summed E-state index contributed by atoms with van der Waals surface area (Å²) in [6.07, 6.45) is 1.39. The molecule has 0 bridgehead atoms. The number of para-hydroxylation sites is 1. The number of nitrogens with two attached hydrogens (primary N) is 1. The maximum atomic E-state index is 12.1. The number of halogens is 1. The molecule has 0 aliphatic carbocycles. The lowest BCUT2D eigenvalue weighted by molar-refractivity contribution is -0.112. The summed E-state index contributed by atoms with van der Waals surface area (Å²) in [5.74, 6) is -0.520. The lowest BCUT2D eigenvalue weighted by Gasteiger charge is -2.07. The van der Waals surface area contributed by atoms with Crippen LogP contribution in [0, 0.1) is 11.3 Å². The Labute approximate surface area is 145 Å². The minimum atomic E-state index is -0.520. The predicted octanol–water partition coefficient (Wildman–Crippen LogP) is 2.93. The Morgan fingerprint density at radius 3 is 2.67 bits per heavy atom. The average molecular weight is 341 g/mol. The number of nitrogens with one attached hydrogen (secondary N) is 2. The van der Waals surface area contributed by atoms with Crippen LogP contribution in [0.25, 0.3) is 0 Å². The van der Waals surface area contributed by atoms with Gasteiger partial charge in [-0.05, 0) is 23.3 Å². The number of amides is 1. The van der Waals surface area contributed by atoms with Crippen molar-refractivity contribution in [1.82, 2.24) is 5.32 Å². The smallest absolute Gasteiger partial charge is 0.267 e. The van der Waals surface area contributed by atoms with Gasteiger partial charge in [0.2, 0.25) is 0 Å². The summed E-state index contributed by atoms with van der Waals surface area (Å²) >= 11 is 5.99. The fourth-order valence-electron chi connectivity index (χ4n) is 2.04. The molecule has 0 aliphatic rings. The lowest BCUT2D eigenvalue weighted by Crippen LogP contribution is -2.17. The number of hydrogen-bond donors (Lipinski definition) is 3. The van der Waals surface area contributed by atoms with Crippen LogP contribution < -0.4 is 16.4 Å². The Kier molecular flexibility index (Phi) is 6.38. The standard InChI is InChI=1S/C18H17ClN4O/c19-16-6-1-2-7-17(16)23-18(24)15(10-21)12-22-11-14-5-3-4-13(8-14)9-20/h1-8,12,22H,9,11,20H2,(H,23,24)/b15-12-. The molecule has 2 rings (SSSR count). The summed E-state index contributed by atoms with van der Waals surface area (Å²) < 4.78 is 0. The van der Waals surface area contributed by atoms with E-state index in [1.54, 1.807) is 24.3 Å². The Balaban J connectivity index is 1.99. The second kappa shape index (κ2) is 8.73. The number of nitrogens with zero attached hydrogens (tertiary/aromatic N) is 1. The largest absolute Gasteiger partial charge is 0.386 e. The zero-order valence-corrected chi connectivity index (χ0v) is 13.7. The number of carbonyl (C=O) groups is 1. The van der Waals surface area contributed by atoms with E-state index < -0.39 is 5.91 Å². The van der Waals surface area contributed by atoms with Crippen LogP contribution in [0.5, 0.6) is 0 Å². The molecule has 4 N–H and O–H groups in total. The third-order valence-corrected chi connectivity index (χ3v) is 3.60. The molecular formula is C18H17ClN4O. The molecule has 5 nitrogen and oxygen atoms in total. The van der Waals surface area contributed by atoms with E-state index in [4.69, 9.17) is 22.6 Å². The van der Waals surface area contributed by atoms with E-state index in [9.17, 15) is 4.79 Å². The minimum Gasteiger partial charge on any atom is -0.386 e. The van der Waals surface area contributed by atoms with Gasteiger partial charge in [-0.25, -0.2) is 0 Å². The van der Waals surface area contributed by atoms with Crippen LogP contribution in [0.1, 0.15) is 11.1 Å². The predicted molar refractivity (Wildman–Crippen MR) is 95.0 cm³/mol. The molecule has 0 aromatic heterocycles. The van der Waals surface area contributed by atoms with E-state index in [2.05, 4.69) is 10.6 Å². The number of anilines is 1. The molecule has 0 saturated heterocycles. The van der Waals surface area contributed by atoms with Crippen molar-refractivity contribution in [3.05, 3.63) is 76.5 Å². The molecule has 6 heteroatoms. The summed E-state index contributed by atoms with van der Waals surface area (Å²) in [5, 5.41) is 15.1. The Hall–Kier alpha value is -2.81. The molecule has 2 aromatic rings. The van der Waals surface area contributed by atoms with Gasteiger partial charge in [0.15, 0.2) is 0 Å². The average Bonchev–Trinajstić information content (AvgIpc) is 2.61. The van der Waals surface area contributed by atoms with Gasteiger partial charge in [0.25, 0.3) is 5.91 Å². The highest BCUT2D eigenvalue weighted by atomic mass is 35.5. The molecule has 0 heterocycles. The van der Waals surface area contributed by atoms with Gasteiger partial charge < -0.3 is 16.4 Å². The van der Waals surface area contributed by atoms with Gasteiger partial charge in [-0.15, -0.1) is 0 Å². The van der Waals surface area contributed by atoms with Crippen molar-refractivity contribution in [2.45, 2.75) is 13.1 Å². The highest BCUT2D eigenvalue weighted by molar-refractivity contribution is 6.33. The van der Waals surface area contributed by atoms with E-state index >= 15 is 0 Å². The maximum Gasteiger partial charge on any atom is 0.267 e. The van der Waals surface area contributed by atoms with Crippen LogP contribution in [0.15, 0.2) is 60.3 Å². The first-order chi connectivity index (χ1) is 11.6. The first kappa shape index (κ1) is 17.5. The molecule has 0 aliphatic heterocycles. The Bertz CT molecular complexity index is 796. The van der Waals surface area contributed by atoms with Crippen LogP contribution in [0.4, 0.5) is 5.69 Å². The highest BCUT2D eigenvalue weighted by Gasteiger charge is 2.10. The monoisotopic (exact) mass is 340 g/mol. The van der Waals surface area contributed by atoms with Crippen molar-refractivity contribution in [1.29, 1.82) is 5.26 Å². The maximum absolute atomic E-state index is 12.1. The van der Waals surface area contributed by atoms with Crippen LogP contribution in [-0.4, -0.2) is 5.91 Å². The lowest BCUT2D eigenvalue weighted by atomic mass is 10.1. The second-order valence-corrected chi connectivity index (χ2v) is 5.42. The van der Waals surface area contributed by atoms with Crippen LogP contribution in [-0.2, 0) is 17.9 Å².